The maximum Gasteiger partial charge on any atom is 0.238 e. The first-order chi connectivity index (χ1) is 10.5. The highest BCUT2D eigenvalue weighted by molar-refractivity contribution is 7.80. The first-order valence-corrected chi connectivity index (χ1v) is 7.88. The molecule has 3 N–H and O–H groups in total. The second-order valence-electron chi connectivity index (χ2n) is 5.17. The van der Waals surface area contributed by atoms with Crippen molar-refractivity contribution in [2.75, 3.05) is 13.7 Å². The number of thiocarbonyl (C=S) groups is 1. The molecule has 122 valence electrons. The van der Waals surface area contributed by atoms with E-state index in [0.717, 1.165) is 12.0 Å². The van der Waals surface area contributed by atoms with Crippen molar-refractivity contribution in [3.05, 3.63) is 35.4 Å². The first-order valence-electron chi connectivity index (χ1n) is 7.47. The second-order valence-corrected chi connectivity index (χ2v) is 5.58. The minimum absolute atomic E-state index is 0.0824. The predicted octanol–water partition coefficient (Wildman–Crippen LogP) is 1.71. The molecular weight excluding hydrogens is 298 g/mol. The van der Waals surface area contributed by atoms with Crippen LogP contribution < -0.4 is 16.2 Å². The Labute approximate surface area is 137 Å². The SMILES string of the molecule is CCc1ccc(CCC(=O)NNC(=S)N[C@@H](C)COC)cc1. The molecule has 6 heteroatoms. The molecule has 0 aliphatic carbocycles. The Morgan fingerprint density at radius 3 is 2.45 bits per heavy atom. The lowest BCUT2D eigenvalue weighted by Crippen LogP contribution is -2.50. The quantitative estimate of drug-likeness (QED) is 0.527. The molecule has 0 aliphatic heterocycles. The number of hydrogen-bond donors (Lipinski definition) is 3. The van der Waals surface area contributed by atoms with Crippen molar-refractivity contribution in [2.45, 2.75) is 39.2 Å². The molecule has 1 aromatic rings. The number of carbonyl (C=O) groups is 1. The molecular formula is C16H25N3O2S. The Kier molecular flexibility index (Phi) is 8.47. The predicted molar refractivity (Wildman–Crippen MR) is 92.5 cm³/mol. The largest absolute Gasteiger partial charge is 0.383 e. The Bertz CT molecular complexity index is 477. The number of rotatable bonds is 7. The molecule has 1 atom stereocenters. The molecule has 0 bridgehead atoms. The highest BCUT2D eigenvalue weighted by atomic mass is 32.1. The molecule has 1 rings (SSSR count). The number of hydrazine groups is 1. The lowest BCUT2D eigenvalue weighted by Gasteiger charge is -2.16. The maximum absolute atomic E-state index is 11.8. The van der Waals surface area contributed by atoms with Crippen LogP contribution in [0.5, 0.6) is 0 Å². The van der Waals surface area contributed by atoms with Crippen molar-refractivity contribution in [2.24, 2.45) is 0 Å². The molecule has 0 spiro atoms. The minimum atomic E-state index is -0.0943. The summed E-state index contributed by atoms with van der Waals surface area (Å²) < 4.78 is 5.00. The molecule has 1 aromatic carbocycles. The van der Waals surface area contributed by atoms with Gasteiger partial charge in [-0.2, -0.15) is 0 Å². The van der Waals surface area contributed by atoms with Crippen LogP contribution in [0.15, 0.2) is 24.3 Å². The number of amides is 1. The zero-order valence-electron chi connectivity index (χ0n) is 13.4. The van der Waals surface area contributed by atoms with Crippen LogP contribution in [0.4, 0.5) is 0 Å². The average molecular weight is 323 g/mol. The molecule has 0 aliphatic rings. The second kappa shape index (κ2) is 10.1. The van der Waals surface area contributed by atoms with Crippen LogP contribution >= 0.6 is 12.2 Å². The average Bonchev–Trinajstić information content (AvgIpc) is 2.51. The van der Waals surface area contributed by atoms with E-state index in [9.17, 15) is 4.79 Å². The van der Waals surface area contributed by atoms with E-state index in [1.165, 1.54) is 5.56 Å². The van der Waals surface area contributed by atoms with E-state index >= 15 is 0 Å². The van der Waals surface area contributed by atoms with Crippen LogP contribution in [0.1, 0.15) is 31.4 Å². The summed E-state index contributed by atoms with van der Waals surface area (Å²) in [4.78, 5) is 11.8. The van der Waals surface area contributed by atoms with E-state index in [0.29, 0.717) is 24.6 Å². The molecule has 1 amide bonds. The summed E-state index contributed by atoms with van der Waals surface area (Å²) in [7, 11) is 1.63. The maximum atomic E-state index is 11.8. The molecule has 0 radical (unpaired) electrons. The number of nitrogens with one attached hydrogen (secondary N) is 3. The Morgan fingerprint density at radius 2 is 1.86 bits per heavy atom. The normalized spacial score (nSPS) is 11.6. The third-order valence-corrected chi connectivity index (χ3v) is 3.40. The molecule has 0 heterocycles. The van der Waals surface area contributed by atoms with Crippen LogP contribution in [0.3, 0.4) is 0 Å². The van der Waals surface area contributed by atoms with E-state index in [4.69, 9.17) is 17.0 Å². The van der Waals surface area contributed by atoms with Gasteiger partial charge in [0.25, 0.3) is 0 Å². The van der Waals surface area contributed by atoms with Gasteiger partial charge in [-0.3, -0.25) is 15.6 Å². The summed E-state index contributed by atoms with van der Waals surface area (Å²) in [5.41, 5.74) is 7.74. The van der Waals surface area contributed by atoms with Crippen LogP contribution in [0, 0.1) is 0 Å². The van der Waals surface area contributed by atoms with Crippen LogP contribution in [0.2, 0.25) is 0 Å². The van der Waals surface area contributed by atoms with Gasteiger partial charge in [0, 0.05) is 19.6 Å². The van der Waals surface area contributed by atoms with Crippen LogP contribution in [-0.2, 0) is 22.4 Å². The van der Waals surface area contributed by atoms with Gasteiger partial charge < -0.3 is 10.1 Å². The van der Waals surface area contributed by atoms with Crippen LogP contribution in [-0.4, -0.2) is 30.8 Å². The zero-order valence-corrected chi connectivity index (χ0v) is 14.3. The van der Waals surface area contributed by atoms with Gasteiger partial charge in [-0.05, 0) is 43.1 Å². The first kappa shape index (κ1) is 18.4. The van der Waals surface area contributed by atoms with Crippen molar-refractivity contribution in [1.29, 1.82) is 0 Å². The summed E-state index contributed by atoms with van der Waals surface area (Å²) in [5.74, 6) is -0.0943. The fourth-order valence-corrected chi connectivity index (χ4v) is 2.19. The fourth-order valence-electron chi connectivity index (χ4n) is 1.94. The molecule has 0 aromatic heterocycles. The molecule has 0 unspecified atom stereocenters. The summed E-state index contributed by atoms with van der Waals surface area (Å²) in [6.45, 7) is 4.61. The van der Waals surface area contributed by atoms with Gasteiger partial charge in [-0.15, -0.1) is 0 Å². The molecule has 5 nitrogen and oxygen atoms in total. The topological polar surface area (TPSA) is 62.4 Å². The van der Waals surface area contributed by atoms with Gasteiger partial charge in [0.1, 0.15) is 0 Å². The number of benzene rings is 1. The monoisotopic (exact) mass is 323 g/mol. The highest BCUT2D eigenvalue weighted by Crippen LogP contribution is 2.07. The minimum Gasteiger partial charge on any atom is -0.383 e. The number of methoxy groups -OCH3 is 1. The lowest BCUT2D eigenvalue weighted by molar-refractivity contribution is -0.121. The molecule has 0 saturated heterocycles. The van der Waals surface area contributed by atoms with Gasteiger partial charge in [0.2, 0.25) is 5.91 Å². The van der Waals surface area contributed by atoms with E-state index in [1.54, 1.807) is 7.11 Å². The summed E-state index contributed by atoms with van der Waals surface area (Å²) in [5, 5.41) is 3.38. The summed E-state index contributed by atoms with van der Waals surface area (Å²) in [6, 6.07) is 8.42. The number of carbonyl (C=O) groups excluding carboxylic acids is 1. The smallest absolute Gasteiger partial charge is 0.238 e. The van der Waals surface area contributed by atoms with Crippen molar-refractivity contribution >= 4 is 23.2 Å². The Hall–Kier alpha value is -1.66. The number of aryl methyl sites for hydroxylation is 2. The van der Waals surface area contributed by atoms with Gasteiger partial charge in [-0.25, -0.2) is 0 Å². The van der Waals surface area contributed by atoms with E-state index in [-0.39, 0.29) is 11.9 Å². The Balaban J connectivity index is 2.23. The fraction of sp³-hybridized carbons (Fsp3) is 0.500. The van der Waals surface area contributed by atoms with Gasteiger partial charge in [0.05, 0.1) is 6.61 Å². The standard InChI is InChI=1S/C16H25N3O2S/c1-4-13-5-7-14(8-6-13)9-10-15(20)18-19-16(22)17-12(2)11-21-3/h5-8,12H,4,9-11H2,1-3H3,(H,18,20)(H2,17,19,22)/t12-/m0/s1. The van der Waals surface area contributed by atoms with E-state index in [1.807, 2.05) is 6.92 Å². The van der Waals surface area contributed by atoms with Gasteiger partial charge >= 0.3 is 0 Å². The number of hydrogen-bond acceptors (Lipinski definition) is 3. The van der Waals surface area contributed by atoms with Crippen molar-refractivity contribution in [1.82, 2.24) is 16.2 Å². The Morgan fingerprint density at radius 1 is 1.23 bits per heavy atom. The zero-order chi connectivity index (χ0) is 16.4. The van der Waals surface area contributed by atoms with Crippen molar-refractivity contribution < 1.29 is 9.53 Å². The van der Waals surface area contributed by atoms with E-state index < -0.39 is 0 Å². The molecule has 22 heavy (non-hydrogen) atoms. The summed E-state index contributed by atoms with van der Waals surface area (Å²) in [6.07, 6.45) is 2.14. The van der Waals surface area contributed by atoms with Crippen molar-refractivity contribution in [3.8, 4) is 0 Å². The molecule has 0 saturated carbocycles. The van der Waals surface area contributed by atoms with Crippen molar-refractivity contribution in [3.63, 3.8) is 0 Å². The summed E-state index contributed by atoms with van der Waals surface area (Å²) >= 11 is 5.08. The third kappa shape index (κ3) is 7.38. The molecule has 0 fully saturated rings. The number of ether oxygens (including phenoxy) is 1. The third-order valence-electron chi connectivity index (χ3n) is 3.18. The van der Waals surface area contributed by atoms with Gasteiger partial charge in [0.15, 0.2) is 5.11 Å². The van der Waals surface area contributed by atoms with E-state index in [2.05, 4.69) is 47.4 Å². The lowest BCUT2D eigenvalue weighted by atomic mass is 10.1. The van der Waals surface area contributed by atoms with Crippen LogP contribution in [0.25, 0.3) is 0 Å². The van der Waals surface area contributed by atoms with Gasteiger partial charge in [-0.1, -0.05) is 31.2 Å². The highest BCUT2D eigenvalue weighted by Gasteiger charge is 2.05.